The van der Waals surface area contributed by atoms with Crippen LogP contribution >= 0.6 is 7.37 Å². The second-order valence-corrected chi connectivity index (χ2v) is 13.7. The van der Waals surface area contributed by atoms with Crippen LogP contribution in [0.15, 0.2) is 36.4 Å². The first kappa shape index (κ1) is 30.6. The van der Waals surface area contributed by atoms with E-state index in [2.05, 4.69) is 41.5 Å². The van der Waals surface area contributed by atoms with Gasteiger partial charge in [-0.05, 0) is 53.1 Å². The predicted molar refractivity (Wildman–Crippen MR) is 152 cm³/mol. The molecule has 1 heterocycles. The smallest absolute Gasteiger partial charge is 0.268 e. The van der Waals surface area contributed by atoms with E-state index in [9.17, 15) is 0 Å². The summed E-state index contributed by atoms with van der Waals surface area (Å²) >= 11 is 0. The highest BCUT2D eigenvalue weighted by Crippen LogP contribution is 2.51. The molecule has 0 unspecified atom stereocenters. The van der Waals surface area contributed by atoms with Crippen LogP contribution in [0.3, 0.4) is 0 Å². The Morgan fingerprint density at radius 3 is 1.37 bits per heavy atom. The number of fused-ring (bicyclic) bond motifs is 2. The van der Waals surface area contributed by atoms with Gasteiger partial charge < -0.3 is 28.2 Å². The van der Waals surface area contributed by atoms with Gasteiger partial charge in [0.25, 0.3) is 7.37 Å². The van der Waals surface area contributed by atoms with E-state index in [4.69, 9.17) is 28.2 Å². The minimum atomic E-state index is -3.65. The molecule has 0 saturated heterocycles. The van der Waals surface area contributed by atoms with Gasteiger partial charge in [0.15, 0.2) is 0 Å². The zero-order valence-electron chi connectivity index (χ0n) is 24.1. The first-order valence-electron chi connectivity index (χ1n) is 13.5. The predicted octanol–water partition coefficient (Wildman–Crippen LogP) is 5.37. The van der Waals surface area contributed by atoms with Crippen LogP contribution in [0.5, 0.6) is 11.5 Å². The second-order valence-electron chi connectivity index (χ2n) is 11.4. The summed E-state index contributed by atoms with van der Waals surface area (Å²) in [4.78, 5) is 0. The minimum absolute atomic E-state index is 0.162. The lowest BCUT2D eigenvalue weighted by Crippen LogP contribution is -2.27. The molecule has 0 amide bonds. The molecule has 3 rings (SSSR count). The largest absolute Gasteiger partial charge is 0.490 e. The van der Waals surface area contributed by atoms with E-state index in [0.717, 1.165) is 11.1 Å². The van der Waals surface area contributed by atoms with E-state index in [1.807, 2.05) is 43.3 Å². The van der Waals surface area contributed by atoms with Gasteiger partial charge in [-0.15, -0.1) is 0 Å². The molecule has 1 aliphatic rings. The number of rotatable bonds is 2. The van der Waals surface area contributed by atoms with Crippen molar-refractivity contribution in [3.05, 3.63) is 47.5 Å². The Bertz CT molecular complexity index is 1010. The molecule has 0 N–H and O–H groups in total. The van der Waals surface area contributed by atoms with Gasteiger partial charge in [-0.25, -0.2) is 0 Å². The van der Waals surface area contributed by atoms with Crippen molar-refractivity contribution in [2.24, 2.45) is 0 Å². The zero-order valence-corrected chi connectivity index (χ0v) is 25.0. The molecule has 7 nitrogen and oxygen atoms in total. The highest BCUT2D eigenvalue weighted by Gasteiger charge is 2.37. The molecule has 2 aromatic carbocycles. The molecule has 38 heavy (non-hydrogen) atoms. The van der Waals surface area contributed by atoms with E-state index in [-0.39, 0.29) is 17.4 Å². The average Bonchev–Trinajstić information content (AvgIpc) is 2.85. The molecule has 0 aliphatic carbocycles. The highest BCUT2D eigenvalue weighted by atomic mass is 31.2. The van der Waals surface area contributed by atoms with Gasteiger partial charge in [-0.2, -0.15) is 0 Å². The maximum Gasteiger partial charge on any atom is 0.268 e. The normalized spacial score (nSPS) is 18.2. The first-order valence-corrected chi connectivity index (χ1v) is 15.1. The van der Waals surface area contributed by atoms with Crippen molar-refractivity contribution in [3.8, 4) is 11.5 Å². The highest BCUT2D eigenvalue weighted by molar-refractivity contribution is 7.74. The molecule has 0 aromatic heterocycles. The third kappa shape index (κ3) is 8.06. The van der Waals surface area contributed by atoms with Crippen molar-refractivity contribution in [2.75, 3.05) is 59.5 Å². The lowest BCUT2D eigenvalue weighted by Gasteiger charge is -2.28. The molecule has 1 aliphatic heterocycles. The molecule has 2 aromatic rings. The quantitative estimate of drug-likeness (QED) is 0.468. The van der Waals surface area contributed by atoms with Gasteiger partial charge in [0.2, 0.25) is 0 Å². The van der Waals surface area contributed by atoms with Crippen LogP contribution in [0.4, 0.5) is 0 Å². The number of hydrogen-bond acceptors (Lipinski definition) is 7. The number of benzene rings is 2. The SMILES string of the molecule is CCOP1(=O)c2cc(C(C)(C)C)ccc2OCCOCCOCCOCCOc2ccc(C(C)(C)C)cc21. The van der Waals surface area contributed by atoms with E-state index >= 15 is 4.57 Å². The van der Waals surface area contributed by atoms with E-state index in [1.165, 1.54) is 0 Å². The third-order valence-corrected chi connectivity index (χ3v) is 8.90. The van der Waals surface area contributed by atoms with Crippen molar-refractivity contribution in [1.82, 2.24) is 0 Å². The summed E-state index contributed by atoms with van der Waals surface area (Å²) in [5.74, 6) is 1.04. The average molecular weight is 549 g/mol. The lowest BCUT2D eigenvalue weighted by molar-refractivity contribution is 0.00504. The van der Waals surface area contributed by atoms with Crippen LogP contribution < -0.4 is 20.1 Å². The lowest BCUT2D eigenvalue weighted by atomic mass is 9.87. The number of ether oxygens (including phenoxy) is 5. The van der Waals surface area contributed by atoms with Crippen molar-refractivity contribution >= 4 is 18.0 Å². The first-order chi connectivity index (χ1) is 18.0. The van der Waals surface area contributed by atoms with Crippen LogP contribution in [0.25, 0.3) is 0 Å². The number of hydrogen-bond donors (Lipinski definition) is 0. The summed E-state index contributed by atoms with van der Waals surface area (Å²) in [7, 11) is -3.65. The minimum Gasteiger partial charge on any atom is -0.490 e. The van der Waals surface area contributed by atoms with E-state index in [0.29, 0.717) is 75.0 Å². The Morgan fingerprint density at radius 1 is 0.658 bits per heavy atom. The van der Waals surface area contributed by atoms with Crippen LogP contribution in [0, 0.1) is 0 Å². The molecule has 8 heteroatoms. The Kier molecular flexibility index (Phi) is 10.8. The molecular weight excluding hydrogens is 503 g/mol. The summed E-state index contributed by atoms with van der Waals surface area (Å²) in [6.07, 6.45) is 0. The molecule has 0 spiro atoms. The summed E-state index contributed by atoms with van der Waals surface area (Å²) in [6, 6.07) is 11.8. The van der Waals surface area contributed by atoms with Crippen molar-refractivity contribution < 1.29 is 32.8 Å². The maximum atomic E-state index is 15.2. The Morgan fingerprint density at radius 2 is 1.03 bits per heavy atom. The Labute approximate surface area is 228 Å². The Hall–Kier alpha value is -1.89. The fraction of sp³-hybridized carbons (Fsp3) is 0.600. The van der Waals surface area contributed by atoms with Crippen LogP contribution in [-0.2, 0) is 34.1 Å². The van der Waals surface area contributed by atoms with Crippen LogP contribution in [0.2, 0.25) is 0 Å². The van der Waals surface area contributed by atoms with Crippen molar-refractivity contribution in [1.29, 1.82) is 0 Å². The molecule has 212 valence electrons. The molecule has 0 saturated carbocycles. The maximum absolute atomic E-state index is 15.2. The molecular formula is C30H45O7P. The second kappa shape index (κ2) is 13.5. The standard InChI is InChI=1S/C30H45O7P/c1-8-37-38(31)27-21-23(29(2,3)4)9-11-25(27)35-19-17-33-15-13-32-14-16-34-18-20-36-26-12-10-24(22-28(26)38)30(5,6)7/h9-12,21-22H,8,13-20H2,1-7H3. The molecule has 0 fully saturated rings. The summed E-state index contributed by atoms with van der Waals surface area (Å²) < 4.78 is 50.6. The zero-order chi connectivity index (χ0) is 27.8. The van der Waals surface area contributed by atoms with Gasteiger partial charge in [0.1, 0.15) is 24.7 Å². The fourth-order valence-electron chi connectivity index (χ4n) is 4.09. The van der Waals surface area contributed by atoms with Gasteiger partial charge in [-0.1, -0.05) is 53.7 Å². The fourth-order valence-corrected chi connectivity index (χ4v) is 6.46. The topological polar surface area (TPSA) is 72.5 Å². The van der Waals surface area contributed by atoms with Gasteiger partial charge in [0.05, 0.1) is 56.9 Å². The van der Waals surface area contributed by atoms with Gasteiger partial charge in [-0.3, -0.25) is 4.57 Å². The summed E-state index contributed by atoms with van der Waals surface area (Å²) in [6.45, 7) is 18.2. The van der Waals surface area contributed by atoms with Gasteiger partial charge >= 0.3 is 0 Å². The molecule has 0 radical (unpaired) electrons. The van der Waals surface area contributed by atoms with E-state index < -0.39 is 7.37 Å². The van der Waals surface area contributed by atoms with E-state index in [1.54, 1.807) is 0 Å². The van der Waals surface area contributed by atoms with Crippen LogP contribution in [-0.4, -0.2) is 59.5 Å². The third-order valence-electron chi connectivity index (χ3n) is 6.31. The van der Waals surface area contributed by atoms with Crippen molar-refractivity contribution in [2.45, 2.75) is 59.3 Å². The van der Waals surface area contributed by atoms with Crippen molar-refractivity contribution in [3.63, 3.8) is 0 Å². The summed E-state index contributed by atoms with van der Waals surface area (Å²) in [5, 5.41) is 1.06. The molecule has 0 bridgehead atoms. The van der Waals surface area contributed by atoms with Crippen LogP contribution in [0.1, 0.15) is 59.6 Å². The Balaban J connectivity index is 2.19. The van der Waals surface area contributed by atoms with Gasteiger partial charge in [0, 0.05) is 0 Å². The molecule has 0 atom stereocenters. The monoisotopic (exact) mass is 548 g/mol. The summed E-state index contributed by atoms with van der Waals surface area (Å²) in [5.41, 5.74) is 1.76.